The van der Waals surface area contributed by atoms with Gasteiger partial charge in [0.15, 0.2) is 0 Å². The average Bonchev–Trinajstić information content (AvgIpc) is 2.44. The number of hydrogen-bond acceptors (Lipinski definition) is 0. The van der Waals surface area contributed by atoms with Crippen LogP contribution in [-0.4, -0.2) is 0 Å². The van der Waals surface area contributed by atoms with E-state index in [1.807, 2.05) is 43.3 Å². The Kier molecular flexibility index (Phi) is 14.2. The molecule has 0 saturated carbocycles. The van der Waals surface area contributed by atoms with Crippen LogP contribution in [0, 0.1) is 6.58 Å². The van der Waals surface area contributed by atoms with Gasteiger partial charge in [-0.25, -0.2) is 24.3 Å². The van der Waals surface area contributed by atoms with Crippen LogP contribution in [0.25, 0.3) is 0 Å². The molecule has 0 fully saturated rings. The predicted octanol–water partition coefficient (Wildman–Crippen LogP) is 2.95. The first-order valence-corrected chi connectivity index (χ1v) is 3.24. The van der Waals surface area contributed by atoms with E-state index in [1.165, 1.54) is 6.08 Å². The van der Waals surface area contributed by atoms with Gasteiger partial charge in [-0.05, 0) is 0 Å². The Morgan fingerprint density at radius 2 is 1.82 bits per heavy atom. The van der Waals surface area contributed by atoms with E-state index in [9.17, 15) is 0 Å². The Bertz CT molecular complexity index is 144. The second kappa shape index (κ2) is 12.1. The third-order valence-corrected chi connectivity index (χ3v) is 0.859. The van der Waals surface area contributed by atoms with Crippen molar-refractivity contribution >= 4 is 0 Å². The third-order valence-electron chi connectivity index (χ3n) is 0.859. The molecule has 0 N–H and O–H groups in total. The van der Waals surface area contributed by atoms with Crippen molar-refractivity contribution in [3.05, 3.63) is 55.1 Å². The van der Waals surface area contributed by atoms with Crippen LogP contribution in [0.1, 0.15) is 6.92 Å². The quantitative estimate of drug-likeness (QED) is 0.473. The molecule has 1 aromatic carbocycles. The second-order valence-corrected chi connectivity index (χ2v) is 1.68. The van der Waals surface area contributed by atoms with E-state index < -0.39 is 0 Å². The molecular weight excluding hydrogens is 179 g/mol. The maximum absolute atomic E-state index is 4.93. The molecule has 0 amide bonds. The number of rotatable bonds is 1. The summed E-state index contributed by atoms with van der Waals surface area (Å²) in [7, 11) is 0. The van der Waals surface area contributed by atoms with Crippen molar-refractivity contribution in [1.82, 2.24) is 0 Å². The van der Waals surface area contributed by atoms with Gasteiger partial charge in [-0.2, -0.15) is 24.3 Å². The summed E-state index contributed by atoms with van der Waals surface area (Å²) >= 11 is 0. The molecule has 0 nitrogen and oxygen atoms in total. The zero-order valence-electron chi connectivity index (χ0n) is 6.53. The summed E-state index contributed by atoms with van der Waals surface area (Å²) in [6.07, 6.45) is 5.15. The maximum atomic E-state index is 4.93. The van der Waals surface area contributed by atoms with Crippen LogP contribution in [0.4, 0.5) is 0 Å². The Labute approximate surface area is 79.2 Å². The minimum Gasteiger partial charge on any atom is -0.293 e. The van der Waals surface area contributed by atoms with Crippen molar-refractivity contribution in [3.63, 3.8) is 0 Å². The van der Waals surface area contributed by atoms with Crippen molar-refractivity contribution < 1.29 is 16.8 Å². The molecule has 11 heavy (non-hydrogen) atoms. The van der Waals surface area contributed by atoms with Crippen molar-refractivity contribution in [2.45, 2.75) is 6.92 Å². The normalized spacial score (nSPS) is 7.73. The summed E-state index contributed by atoms with van der Waals surface area (Å²) in [5.41, 5.74) is 0. The zero-order chi connectivity index (χ0) is 7.66. The SMILES string of the molecule is [CH-]=CC=CC.[Co+2].c1cc[cH-]c1. The van der Waals surface area contributed by atoms with Crippen LogP contribution in [0.5, 0.6) is 0 Å². The van der Waals surface area contributed by atoms with E-state index >= 15 is 0 Å². The molecule has 0 spiro atoms. The smallest absolute Gasteiger partial charge is 0.293 e. The van der Waals surface area contributed by atoms with Gasteiger partial charge < -0.3 is 0 Å². The van der Waals surface area contributed by atoms with E-state index in [-0.39, 0.29) is 16.8 Å². The van der Waals surface area contributed by atoms with Gasteiger partial charge in [-0.1, -0.05) is 6.92 Å². The van der Waals surface area contributed by atoms with Gasteiger partial charge in [0.25, 0.3) is 0 Å². The van der Waals surface area contributed by atoms with Crippen LogP contribution in [0.3, 0.4) is 0 Å². The van der Waals surface area contributed by atoms with Gasteiger partial charge in [-0.3, -0.25) is 6.58 Å². The molecule has 0 aliphatic heterocycles. The minimum absolute atomic E-state index is 0. The fraction of sp³-hybridized carbons (Fsp3) is 0.100. The van der Waals surface area contributed by atoms with Gasteiger partial charge in [-0.15, -0.1) is 0 Å². The molecule has 0 unspecified atom stereocenters. The van der Waals surface area contributed by atoms with E-state index in [1.54, 1.807) is 6.08 Å². The van der Waals surface area contributed by atoms with Crippen LogP contribution >= 0.6 is 0 Å². The number of allylic oxidation sites excluding steroid dienone is 3. The van der Waals surface area contributed by atoms with Gasteiger partial charge in [0.2, 0.25) is 0 Å². The maximum Gasteiger partial charge on any atom is 2.00 e. The van der Waals surface area contributed by atoms with Crippen LogP contribution in [0.2, 0.25) is 0 Å². The molecule has 0 saturated heterocycles. The van der Waals surface area contributed by atoms with E-state index in [0.717, 1.165) is 0 Å². The molecule has 1 radical (unpaired) electrons. The van der Waals surface area contributed by atoms with E-state index in [0.29, 0.717) is 0 Å². The third kappa shape index (κ3) is 12.5. The second-order valence-electron chi connectivity index (χ2n) is 1.68. The summed E-state index contributed by atoms with van der Waals surface area (Å²) < 4.78 is 0. The molecule has 0 aromatic heterocycles. The zero-order valence-corrected chi connectivity index (χ0v) is 7.57. The predicted molar refractivity (Wildman–Crippen MR) is 45.7 cm³/mol. The first-order valence-electron chi connectivity index (χ1n) is 3.24. The average molecular weight is 191 g/mol. The largest absolute Gasteiger partial charge is 2.00 e. The van der Waals surface area contributed by atoms with Crippen LogP contribution < -0.4 is 0 Å². The van der Waals surface area contributed by atoms with Gasteiger partial charge in [0.1, 0.15) is 0 Å². The number of hydrogen-bond donors (Lipinski definition) is 0. The fourth-order valence-electron chi connectivity index (χ4n) is 0.432. The summed E-state index contributed by atoms with van der Waals surface area (Å²) in [6.45, 7) is 6.85. The standard InChI is InChI=1S/C5H5.C5H7.Co/c1-2-4-5-3-1;1-3-5-4-2;/h1-5H;1,3-5H,2H3;/q2*-1;+2. The van der Waals surface area contributed by atoms with E-state index in [2.05, 4.69) is 0 Å². The fourth-order valence-corrected chi connectivity index (χ4v) is 0.432. The first kappa shape index (κ1) is 13.0. The van der Waals surface area contributed by atoms with Crippen LogP contribution in [-0.2, 0) is 16.8 Å². The van der Waals surface area contributed by atoms with E-state index in [4.69, 9.17) is 6.58 Å². The molecule has 0 aliphatic rings. The Balaban J connectivity index is 0. The van der Waals surface area contributed by atoms with Crippen molar-refractivity contribution in [3.8, 4) is 0 Å². The minimum atomic E-state index is 0. The van der Waals surface area contributed by atoms with Crippen LogP contribution in [0.15, 0.2) is 48.6 Å². The summed E-state index contributed by atoms with van der Waals surface area (Å²) in [4.78, 5) is 0. The first-order chi connectivity index (χ1) is 4.91. The van der Waals surface area contributed by atoms with Gasteiger partial charge in [0.05, 0.1) is 0 Å². The summed E-state index contributed by atoms with van der Waals surface area (Å²) in [5, 5.41) is 0. The topological polar surface area (TPSA) is 0 Å². The van der Waals surface area contributed by atoms with Crippen molar-refractivity contribution in [2.24, 2.45) is 0 Å². The Morgan fingerprint density at radius 3 is 1.91 bits per heavy atom. The molecule has 61 valence electrons. The molecule has 1 rings (SSSR count). The molecule has 0 atom stereocenters. The monoisotopic (exact) mass is 191 g/mol. The summed E-state index contributed by atoms with van der Waals surface area (Å²) in [6, 6.07) is 10.0. The van der Waals surface area contributed by atoms with Crippen molar-refractivity contribution in [2.75, 3.05) is 0 Å². The van der Waals surface area contributed by atoms with Crippen molar-refractivity contribution in [1.29, 1.82) is 0 Å². The molecular formula is C10H12Co. The van der Waals surface area contributed by atoms with Gasteiger partial charge in [0, 0.05) is 0 Å². The molecule has 0 aliphatic carbocycles. The molecule has 0 heterocycles. The Morgan fingerprint density at radius 1 is 1.27 bits per heavy atom. The molecule has 1 heteroatoms. The Hall–Kier alpha value is -0.664. The molecule has 0 bridgehead atoms. The summed E-state index contributed by atoms with van der Waals surface area (Å²) in [5.74, 6) is 0. The molecule has 1 aromatic rings. The van der Waals surface area contributed by atoms with Gasteiger partial charge >= 0.3 is 16.8 Å².